The van der Waals surface area contributed by atoms with Gasteiger partial charge in [-0.2, -0.15) is 5.10 Å². The second kappa shape index (κ2) is 9.13. The molecule has 0 bridgehead atoms. The lowest BCUT2D eigenvalue weighted by Gasteiger charge is -2.12. The van der Waals surface area contributed by atoms with E-state index in [-0.39, 0.29) is 24.4 Å². The number of nitrogens with zero attached hydrogens (tertiary/aromatic N) is 2. The summed E-state index contributed by atoms with van der Waals surface area (Å²) in [6, 6.07) is 5.34. The van der Waals surface area contributed by atoms with Crippen molar-refractivity contribution in [2.24, 2.45) is 0 Å². The Hall–Kier alpha value is -1.27. The summed E-state index contributed by atoms with van der Waals surface area (Å²) >= 11 is 12.0. The summed E-state index contributed by atoms with van der Waals surface area (Å²) in [5.74, 6) is -0.166. The van der Waals surface area contributed by atoms with Gasteiger partial charge >= 0.3 is 0 Å². The molecule has 0 spiro atoms. The van der Waals surface area contributed by atoms with Crippen LogP contribution >= 0.6 is 35.6 Å². The lowest BCUT2D eigenvalue weighted by atomic mass is 10.3. The Morgan fingerprint density at radius 3 is 2.78 bits per heavy atom. The molecule has 2 rings (SSSR count). The number of aromatic nitrogens is 2. The highest BCUT2D eigenvalue weighted by Gasteiger charge is 2.12. The van der Waals surface area contributed by atoms with Gasteiger partial charge in [0.25, 0.3) is 5.91 Å². The lowest BCUT2D eigenvalue weighted by Crippen LogP contribution is -2.38. The van der Waals surface area contributed by atoms with Gasteiger partial charge in [0.1, 0.15) is 0 Å². The average Bonchev–Trinajstić information content (AvgIpc) is 2.94. The molecule has 0 aliphatic rings. The first-order valence-electron chi connectivity index (χ1n) is 7.03. The fraction of sp³-hybridized carbons (Fsp3) is 0.333. The Labute approximate surface area is 151 Å². The SMILES string of the molecule is CCN[C@H](C)CNC(=O)c1cnn(-c2ccc(Cl)cc2Cl)c1.Cl. The maximum Gasteiger partial charge on any atom is 0.254 e. The molecule has 1 aromatic heterocycles. The number of likely N-dealkylation sites (N-methyl/N-ethyl adjacent to an activating group) is 1. The van der Waals surface area contributed by atoms with Crippen LogP contribution in [0, 0.1) is 0 Å². The minimum atomic E-state index is -0.166. The normalized spacial score (nSPS) is 11.7. The first kappa shape index (κ1) is 19.8. The van der Waals surface area contributed by atoms with E-state index >= 15 is 0 Å². The molecule has 1 atom stereocenters. The van der Waals surface area contributed by atoms with Gasteiger partial charge in [-0.1, -0.05) is 30.1 Å². The van der Waals surface area contributed by atoms with E-state index < -0.39 is 0 Å². The van der Waals surface area contributed by atoms with Crippen LogP contribution in [-0.2, 0) is 0 Å². The van der Waals surface area contributed by atoms with Crippen LogP contribution in [0.1, 0.15) is 24.2 Å². The van der Waals surface area contributed by atoms with Crippen molar-refractivity contribution in [3.05, 3.63) is 46.2 Å². The van der Waals surface area contributed by atoms with E-state index in [1.165, 1.54) is 6.20 Å². The van der Waals surface area contributed by atoms with Crippen molar-refractivity contribution in [1.29, 1.82) is 0 Å². The first-order valence-corrected chi connectivity index (χ1v) is 7.78. The molecule has 8 heteroatoms. The number of hydrogen-bond donors (Lipinski definition) is 2. The van der Waals surface area contributed by atoms with Crippen molar-refractivity contribution in [2.45, 2.75) is 19.9 Å². The number of carbonyl (C=O) groups excluding carboxylic acids is 1. The van der Waals surface area contributed by atoms with Gasteiger partial charge < -0.3 is 10.6 Å². The molecule has 23 heavy (non-hydrogen) atoms. The van der Waals surface area contributed by atoms with Crippen molar-refractivity contribution in [1.82, 2.24) is 20.4 Å². The zero-order valence-corrected chi connectivity index (χ0v) is 15.2. The van der Waals surface area contributed by atoms with Crippen LogP contribution in [0.4, 0.5) is 0 Å². The topological polar surface area (TPSA) is 58.9 Å². The van der Waals surface area contributed by atoms with Gasteiger partial charge in [0.15, 0.2) is 0 Å². The summed E-state index contributed by atoms with van der Waals surface area (Å²) in [5, 5.41) is 11.3. The molecule has 0 aliphatic heterocycles. The summed E-state index contributed by atoms with van der Waals surface area (Å²) in [6.45, 7) is 5.46. The standard InChI is InChI=1S/C15H18Cl2N4O.ClH/c1-3-18-10(2)7-19-15(22)11-8-20-21(9-11)14-5-4-12(16)6-13(14)17;/h4-6,8-10,18H,3,7H2,1-2H3,(H,19,22);1H/t10-;/m1./s1. The molecule has 0 unspecified atom stereocenters. The molecule has 5 nitrogen and oxygen atoms in total. The Kier molecular flexibility index (Phi) is 7.85. The van der Waals surface area contributed by atoms with E-state index in [1.54, 1.807) is 29.1 Å². The fourth-order valence-electron chi connectivity index (χ4n) is 2.01. The number of halogens is 3. The van der Waals surface area contributed by atoms with E-state index in [1.807, 2.05) is 13.8 Å². The zero-order chi connectivity index (χ0) is 16.1. The summed E-state index contributed by atoms with van der Waals surface area (Å²) in [5.41, 5.74) is 1.15. The minimum Gasteiger partial charge on any atom is -0.350 e. The Bertz CT molecular complexity index is 660. The van der Waals surface area contributed by atoms with Gasteiger partial charge in [0.2, 0.25) is 0 Å². The molecule has 0 radical (unpaired) electrons. The molecule has 0 saturated carbocycles. The van der Waals surface area contributed by atoms with Gasteiger partial charge in [-0.25, -0.2) is 4.68 Å². The molecule has 126 valence electrons. The Balaban J connectivity index is 0.00000264. The van der Waals surface area contributed by atoms with Crippen LogP contribution in [0.15, 0.2) is 30.6 Å². The fourth-order valence-corrected chi connectivity index (χ4v) is 2.50. The number of hydrogen-bond acceptors (Lipinski definition) is 3. The van der Waals surface area contributed by atoms with Crippen LogP contribution in [0.2, 0.25) is 10.0 Å². The molecular weight excluding hydrogens is 359 g/mol. The summed E-state index contributed by atoms with van der Waals surface area (Å²) in [4.78, 5) is 12.1. The van der Waals surface area contributed by atoms with E-state index in [4.69, 9.17) is 23.2 Å². The molecule has 1 heterocycles. The van der Waals surface area contributed by atoms with Crippen LogP contribution in [0.5, 0.6) is 0 Å². The highest BCUT2D eigenvalue weighted by molar-refractivity contribution is 6.35. The third-order valence-corrected chi connectivity index (χ3v) is 3.66. The van der Waals surface area contributed by atoms with Crippen LogP contribution < -0.4 is 10.6 Å². The lowest BCUT2D eigenvalue weighted by molar-refractivity contribution is 0.0950. The average molecular weight is 378 g/mol. The van der Waals surface area contributed by atoms with Crippen molar-refractivity contribution < 1.29 is 4.79 Å². The highest BCUT2D eigenvalue weighted by Crippen LogP contribution is 2.24. The molecule has 0 aliphatic carbocycles. The van der Waals surface area contributed by atoms with Crippen molar-refractivity contribution >= 4 is 41.5 Å². The summed E-state index contributed by atoms with van der Waals surface area (Å²) in [6.07, 6.45) is 3.15. The number of carbonyl (C=O) groups is 1. The summed E-state index contributed by atoms with van der Waals surface area (Å²) in [7, 11) is 0. The molecule has 1 aromatic carbocycles. The van der Waals surface area contributed by atoms with Crippen LogP contribution in [0.25, 0.3) is 5.69 Å². The van der Waals surface area contributed by atoms with Gasteiger partial charge in [0, 0.05) is 23.8 Å². The van der Waals surface area contributed by atoms with E-state index in [2.05, 4.69) is 15.7 Å². The van der Waals surface area contributed by atoms with Gasteiger partial charge in [0.05, 0.1) is 22.5 Å². The molecule has 0 saturated heterocycles. The number of amides is 1. The van der Waals surface area contributed by atoms with Gasteiger partial charge in [-0.15, -0.1) is 12.4 Å². The van der Waals surface area contributed by atoms with Crippen molar-refractivity contribution in [3.8, 4) is 5.69 Å². The number of benzene rings is 1. The monoisotopic (exact) mass is 376 g/mol. The maximum absolute atomic E-state index is 12.1. The first-order chi connectivity index (χ1) is 10.5. The second-order valence-electron chi connectivity index (χ2n) is 4.94. The minimum absolute atomic E-state index is 0. The molecular formula is C15H19Cl3N4O. The van der Waals surface area contributed by atoms with Crippen molar-refractivity contribution in [3.63, 3.8) is 0 Å². The highest BCUT2D eigenvalue weighted by atomic mass is 35.5. The Morgan fingerprint density at radius 2 is 2.13 bits per heavy atom. The van der Waals surface area contributed by atoms with E-state index in [0.717, 1.165) is 6.54 Å². The van der Waals surface area contributed by atoms with E-state index in [9.17, 15) is 4.79 Å². The molecule has 2 N–H and O–H groups in total. The number of nitrogens with one attached hydrogen (secondary N) is 2. The summed E-state index contributed by atoms with van der Waals surface area (Å²) < 4.78 is 1.56. The second-order valence-corrected chi connectivity index (χ2v) is 5.78. The molecule has 2 aromatic rings. The predicted octanol–water partition coefficient (Wildman–Crippen LogP) is 3.33. The predicted molar refractivity (Wildman–Crippen MR) is 96.3 cm³/mol. The van der Waals surface area contributed by atoms with Crippen LogP contribution in [0.3, 0.4) is 0 Å². The smallest absolute Gasteiger partial charge is 0.254 e. The van der Waals surface area contributed by atoms with Gasteiger partial charge in [-0.3, -0.25) is 4.79 Å². The Morgan fingerprint density at radius 1 is 1.39 bits per heavy atom. The maximum atomic E-state index is 12.1. The van der Waals surface area contributed by atoms with Crippen molar-refractivity contribution in [2.75, 3.05) is 13.1 Å². The zero-order valence-electron chi connectivity index (χ0n) is 12.8. The van der Waals surface area contributed by atoms with Crippen LogP contribution in [-0.4, -0.2) is 34.8 Å². The molecule has 1 amide bonds. The van der Waals surface area contributed by atoms with E-state index in [0.29, 0.717) is 27.8 Å². The quantitative estimate of drug-likeness (QED) is 0.812. The largest absolute Gasteiger partial charge is 0.350 e. The molecule has 0 fully saturated rings. The number of rotatable bonds is 6. The van der Waals surface area contributed by atoms with Gasteiger partial charge in [-0.05, 0) is 31.7 Å². The third-order valence-electron chi connectivity index (χ3n) is 3.12. The third kappa shape index (κ3) is 5.39.